The molecule has 1 aromatic carbocycles. The summed E-state index contributed by atoms with van der Waals surface area (Å²) in [7, 11) is 3.87. The Morgan fingerprint density at radius 3 is 2.67 bits per heavy atom. The third-order valence-corrected chi connectivity index (χ3v) is 7.13. The number of allylic oxidation sites excluding steroid dienone is 1. The quantitative estimate of drug-likeness (QED) is 0.223. The molecule has 1 aliphatic heterocycles. The number of hydrogen-bond acceptors (Lipinski definition) is 8. The zero-order valence-electron chi connectivity index (χ0n) is 23.7. The van der Waals surface area contributed by atoms with Gasteiger partial charge in [0.25, 0.3) is 11.8 Å². The fourth-order valence-electron chi connectivity index (χ4n) is 4.86. The van der Waals surface area contributed by atoms with E-state index >= 15 is 0 Å². The van der Waals surface area contributed by atoms with E-state index in [0.717, 1.165) is 12.1 Å². The van der Waals surface area contributed by atoms with E-state index in [1.54, 1.807) is 39.9 Å². The number of pyridine rings is 1. The number of aromatic nitrogens is 5. The van der Waals surface area contributed by atoms with Crippen LogP contribution in [0.1, 0.15) is 28.4 Å². The highest BCUT2D eigenvalue weighted by molar-refractivity contribution is 6.04. The second kappa shape index (κ2) is 12.1. The van der Waals surface area contributed by atoms with E-state index < -0.39 is 11.8 Å². The molecule has 3 N–H and O–H groups in total. The smallest absolute Gasteiger partial charge is 0.291 e. The minimum absolute atomic E-state index is 0.0139. The van der Waals surface area contributed by atoms with Crippen molar-refractivity contribution in [3.05, 3.63) is 84.9 Å². The molecule has 1 aliphatic rings. The van der Waals surface area contributed by atoms with E-state index in [9.17, 15) is 18.4 Å². The van der Waals surface area contributed by atoms with Crippen LogP contribution in [-0.4, -0.2) is 80.1 Å². The Kier molecular flexibility index (Phi) is 8.26. The molecule has 5 rings (SSSR count). The molecule has 0 spiro atoms. The standard InChI is InChI=1S/C30H31F2N9O2/c1-4-30(31,32)21-11-13-34-23(16-21)37-29(43)20-9-7-19(8-10-20)26-25-27(33)35-18-36-28(25)41(38-26)22-12-15-40(17-22)24(42)6-5-14-39(2)3/h4-11,13,16,18,22H,1,12,14-15,17H2,2-3H3,(H2,33,35,36)(H,34,37,43). The molecule has 1 fully saturated rings. The molecule has 1 atom stereocenters. The number of nitrogens with zero attached hydrogens (tertiary/aromatic N) is 7. The molecule has 3 aromatic heterocycles. The number of anilines is 2. The van der Waals surface area contributed by atoms with Crippen molar-refractivity contribution in [1.29, 1.82) is 0 Å². The summed E-state index contributed by atoms with van der Waals surface area (Å²) >= 11 is 0. The Morgan fingerprint density at radius 1 is 1.19 bits per heavy atom. The number of amides is 2. The van der Waals surface area contributed by atoms with E-state index in [1.807, 2.05) is 25.1 Å². The fourth-order valence-corrected chi connectivity index (χ4v) is 4.86. The number of carbonyl (C=O) groups is 2. The third kappa shape index (κ3) is 6.26. The van der Waals surface area contributed by atoms with Crippen LogP contribution in [0.3, 0.4) is 0 Å². The SMILES string of the molecule is C=CC(F)(F)c1ccnc(NC(=O)c2ccc(-c3nn(C4CCN(C(=O)C=CCN(C)C)C4)c4ncnc(N)c34)cc2)c1. The molecule has 11 nitrogen and oxygen atoms in total. The fraction of sp³-hybridized carbons (Fsp3) is 0.267. The molecular formula is C30H31F2N9O2. The number of fused-ring (bicyclic) bond motifs is 1. The van der Waals surface area contributed by atoms with Crippen molar-refractivity contribution in [1.82, 2.24) is 34.5 Å². The number of alkyl halides is 2. The predicted molar refractivity (Wildman–Crippen MR) is 159 cm³/mol. The lowest BCUT2D eigenvalue weighted by atomic mass is 10.1. The van der Waals surface area contributed by atoms with Gasteiger partial charge in [-0.2, -0.15) is 13.9 Å². The first-order chi connectivity index (χ1) is 20.6. The Bertz CT molecular complexity index is 1700. The Labute approximate surface area is 246 Å². The second-order valence-electron chi connectivity index (χ2n) is 10.4. The average Bonchev–Trinajstić information content (AvgIpc) is 3.63. The number of likely N-dealkylation sites (N-methyl/N-ethyl adjacent to an activating group) is 1. The summed E-state index contributed by atoms with van der Waals surface area (Å²) in [4.78, 5) is 41.9. The largest absolute Gasteiger partial charge is 0.383 e. The summed E-state index contributed by atoms with van der Waals surface area (Å²) in [6.07, 6.45) is 7.23. The maximum absolute atomic E-state index is 14.0. The van der Waals surface area contributed by atoms with Gasteiger partial charge in [0.2, 0.25) is 5.91 Å². The minimum Gasteiger partial charge on any atom is -0.383 e. The van der Waals surface area contributed by atoms with Gasteiger partial charge in [0.15, 0.2) is 5.65 Å². The van der Waals surface area contributed by atoms with Crippen LogP contribution in [-0.2, 0) is 10.7 Å². The number of nitrogens with one attached hydrogen (secondary N) is 1. The molecule has 2 amide bonds. The molecule has 4 aromatic rings. The van der Waals surface area contributed by atoms with Crippen molar-refractivity contribution in [2.45, 2.75) is 18.4 Å². The van der Waals surface area contributed by atoms with E-state index in [1.165, 1.54) is 12.5 Å². The number of benzene rings is 1. The Morgan fingerprint density at radius 2 is 1.95 bits per heavy atom. The van der Waals surface area contributed by atoms with Gasteiger partial charge in [0, 0.05) is 48.6 Å². The number of carbonyl (C=O) groups excluding carboxylic acids is 2. The summed E-state index contributed by atoms with van der Waals surface area (Å²) < 4.78 is 29.8. The van der Waals surface area contributed by atoms with Gasteiger partial charge in [0.05, 0.1) is 11.4 Å². The van der Waals surface area contributed by atoms with Crippen LogP contribution >= 0.6 is 0 Å². The molecule has 4 heterocycles. The summed E-state index contributed by atoms with van der Waals surface area (Å²) in [5.74, 6) is -3.59. The van der Waals surface area contributed by atoms with Gasteiger partial charge in [0.1, 0.15) is 23.7 Å². The highest BCUT2D eigenvalue weighted by Crippen LogP contribution is 2.34. The molecule has 43 heavy (non-hydrogen) atoms. The first-order valence-corrected chi connectivity index (χ1v) is 13.6. The van der Waals surface area contributed by atoms with Crippen LogP contribution in [0.2, 0.25) is 0 Å². The highest BCUT2D eigenvalue weighted by atomic mass is 19.3. The van der Waals surface area contributed by atoms with Gasteiger partial charge in [-0.15, -0.1) is 0 Å². The summed E-state index contributed by atoms with van der Waals surface area (Å²) in [5.41, 5.74) is 7.98. The van der Waals surface area contributed by atoms with E-state index in [0.29, 0.717) is 54.4 Å². The Hall–Kier alpha value is -5.04. The Balaban J connectivity index is 1.37. The lowest BCUT2D eigenvalue weighted by Gasteiger charge is -2.15. The monoisotopic (exact) mass is 587 g/mol. The van der Waals surface area contributed by atoms with Gasteiger partial charge in [-0.05, 0) is 50.9 Å². The van der Waals surface area contributed by atoms with Gasteiger partial charge >= 0.3 is 0 Å². The van der Waals surface area contributed by atoms with Gasteiger partial charge in [-0.25, -0.2) is 19.6 Å². The van der Waals surface area contributed by atoms with Crippen molar-refractivity contribution in [3.8, 4) is 11.3 Å². The number of nitrogen functional groups attached to an aromatic ring is 1. The molecule has 13 heteroatoms. The average molecular weight is 588 g/mol. The predicted octanol–water partition coefficient (Wildman–Crippen LogP) is 3.89. The van der Waals surface area contributed by atoms with Crippen LogP contribution in [0.25, 0.3) is 22.3 Å². The van der Waals surface area contributed by atoms with Crippen molar-refractivity contribution in [3.63, 3.8) is 0 Å². The van der Waals surface area contributed by atoms with Crippen LogP contribution in [0.15, 0.2) is 73.7 Å². The summed E-state index contributed by atoms with van der Waals surface area (Å²) in [5, 5.41) is 7.96. The molecule has 1 unspecified atom stereocenters. The van der Waals surface area contributed by atoms with Gasteiger partial charge in [-0.1, -0.05) is 24.8 Å². The molecule has 1 saturated heterocycles. The lowest BCUT2D eigenvalue weighted by molar-refractivity contribution is -0.125. The van der Waals surface area contributed by atoms with Gasteiger partial charge in [-0.3, -0.25) is 9.59 Å². The molecular weight excluding hydrogens is 556 g/mol. The maximum Gasteiger partial charge on any atom is 0.291 e. The zero-order valence-corrected chi connectivity index (χ0v) is 23.7. The normalized spacial score (nSPS) is 15.5. The molecule has 0 saturated carbocycles. The van der Waals surface area contributed by atoms with Crippen molar-refractivity contribution in [2.75, 3.05) is 44.8 Å². The molecule has 0 aliphatic carbocycles. The first kappa shape index (κ1) is 29.5. The van der Waals surface area contributed by atoms with E-state index in [-0.39, 0.29) is 34.7 Å². The lowest BCUT2D eigenvalue weighted by Crippen LogP contribution is -2.28. The first-order valence-electron chi connectivity index (χ1n) is 13.6. The van der Waals surface area contributed by atoms with E-state index in [4.69, 9.17) is 10.8 Å². The minimum atomic E-state index is -3.25. The number of hydrogen-bond donors (Lipinski definition) is 2. The maximum atomic E-state index is 14.0. The summed E-state index contributed by atoms with van der Waals surface area (Å²) in [6, 6.07) is 8.76. The second-order valence-corrected chi connectivity index (χ2v) is 10.4. The molecule has 222 valence electrons. The highest BCUT2D eigenvalue weighted by Gasteiger charge is 2.30. The topological polar surface area (TPSA) is 135 Å². The molecule has 0 bridgehead atoms. The third-order valence-electron chi connectivity index (χ3n) is 7.13. The van der Waals surface area contributed by atoms with Crippen LogP contribution in [0, 0.1) is 0 Å². The zero-order chi connectivity index (χ0) is 30.7. The summed E-state index contributed by atoms with van der Waals surface area (Å²) in [6.45, 7) is 4.88. The van der Waals surface area contributed by atoms with Crippen molar-refractivity contribution < 1.29 is 18.4 Å². The van der Waals surface area contributed by atoms with Crippen LogP contribution < -0.4 is 11.1 Å². The van der Waals surface area contributed by atoms with Crippen molar-refractivity contribution in [2.24, 2.45) is 0 Å². The molecule has 0 radical (unpaired) electrons. The number of likely N-dealkylation sites (tertiary alicyclic amines) is 1. The van der Waals surface area contributed by atoms with Crippen LogP contribution in [0.4, 0.5) is 20.4 Å². The van der Waals surface area contributed by atoms with Gasteiger partial charge < -0.3 is 20.9 Å². The van der Waals surface area contributed by atoms with E-state index in [2.05, 4.69) is 26.8 Å². The van der Waals surface area contributed by atoms with Crippen molar-refractivity contribution >= 4 is 34.5 Å². The van der Waals surface area contributed by atoms with Crippen LogP contribution in [0.5, 0.6) is 0 Å². The number of halogens is 2. The number of nitrogens with two attached hydrogens (primary N) is 1. The number of rotatable bonds is 9.